The van der Waals surface area contributed by atoms with Gasteiger partial charge < -0.3 is 10.5 Å². The molecule has 0 spiro atoms. The first-order chi connectivity index (χ1) is 10.7. The van der Waals surface area contributed by atoms with Crippen molar-refractivity contribution in [1.29, 1.82) is 0 Å². The molecule has 2 aromatic rings. The maximum absolute atomic E-state index is 11.2. The van der Waals surface area contributed by atoms with Gasteiger partial charge in [-0.1, -0.05) is 30.9 Å². The molecule has 0 atom stereocenters. The minimum atomic E-state index is -0.583. The molecule has 0 fully saturated rings. The van der Waals surface area contributed by atoms with Crippen LogP contribution in [0.1, 0.15) is 17.4 Å². The number of allylic oxidation sites excluding steroid dienone is 4. The number of hydrogen-bond donors (Lipinski definition) is 2. The highest BCUT2D eigenvalue weighted by atomic mass is 16.5. The second-order valence-corrected chi connectivity index (χ2v) is 4.43. The van der Waals surface area contributed by atoms with E-state index in [0.29, 0.717) is 17.2 Å². The third-order valence-electron chi connectivity index (χ3n) is 2.89. The number of rotatable bonds is 6. The largest absolute Gasteiger partial charge is 0.457 e. The summed E-state index contributed by atoms with van der Waals surface area (Å²) in [7, 11) is 0. The number of ether oxygens (including phenoxy) is 1. The lowest BCUT2D eigenvalue weighted by Crippen LogP contribution is -2.10. The van der Waals surface area contributed by atoms with Crippen LogP contribution in [0.5, 0.6) is 5.75 Å². The van der Waals surface area contributed by atoms with Gasteiger partial charge in [0, 0.05) is 5.56 Å². The number of amides is 1. The Balaban J connectivity index is 2.37. The Morgan fingerprint density at radius 1 is 1.41 bits per heavy atom. The van der Waals surface area contributed by atoms with Gasteiger partial charge in [0.05, 0.1) is 5.69 Å². The molecule has 0 radical (unpaired) electrons. The van der Waals surface area contributed by atoms with Gasteiger partial charge in [0.1, 0.15) is 17.2 Å². The van der Waals surface area contributed by atoms with E-state index in [-0.39, 0.29) is 5.69 Å². The lowest BCUT2D eigenvalue weighted by molar-refractivity contribution is 0.0995. The number of benzene rings is 1. The number of aromatic nitrogens is 2. The van der Waals surface area contributed by atoms with E-state index in [2.05, 4.69) is 16.8 Å². The van der Waals surface area contributed by atoms with E-state index in [1.54, 1.807) is 12.1 Å². The summed E-state index contributed by atoms with van der Waals surface area (Å²) in [6, 6.07) is 9.02. The second kappa shape index (κ2) is 7.08. The number of nitrogens with two attached hydrogens (primary N) is 1. The molecule has 0 bridgehead atoms. The molecule has 5 heteroatoms. The summed E-state index contributed by atoms with van der Waals surface area (Å²) in [6.45, 7) is 5.65. The third-order valence-corrected chi connectivity index (χ3v) is 2.89. The lowest BCUT2D eigenvalue weighted by Gasteiger charge is -2.10. The minimum absolute atomic E-state index is 0.179. The first-order valence-electron chi connectivity index (χ1n) is 6.73. The zero-order valence-corrected chi connectivity index (χ0v) is 12.2. The monoisotopic (exact) mass is 295 g/mol. The fraction of sp³-hybridized carbons (Fsp3) is 0.0588. The summed E-state index contributed by atoms with van der Waals surface area (Å²) < 4.78 is 5.85. The van der Waals surface area contributed by atoms with E-state index < -0.39 is 5.91 Å². The molecule has 1 heterocycles. The molecule has 0 aliphatic carbocycles. The molecular weight excluding hydrogens is 278 g/mol. The Morgan fingerprint density at radius 2 is 2.18 bits per heavy atom. The number of carbonyl (C=O) groups excluding carboxylic acids is 1. The fourth-order valence-electron chi connectivity index (χ4n) is 1.83. The second-order valence-electron chi connectivity index (χ2n) is 4.43. The highest BCUT2D eigenvalue weighted by Crippen LogP contribution is 2.30. The molecular formula is C17H17N3O2. The predicted octanol–water partition coefficient (Wildman–Crippen LogP) is 3.20. The van der Waals surface area contributed by atoms with Crippen LogP contribution in [0.3, 0.4) is 0 Å². The van der Waals surface area contributed by atoms with Crippen LogP contribution in [0.2, 0.25) is 0 Å². The van der Waals surface area contributed by atoms with Gasteiger partial charge >= 0.3 is 0 Å². The summed E-state index contributed by atoms with van der Waals surface area (Å²) in [5, 5.41) is 6.67. The van der Waals surface area contributed by atoms with Crippen LogP contribution in [-0.2, 0) is 0 Å². The Labute approximate surface area is 128 Å². The van der Waals surface area contributed by atoms with Crippen molar-refractivity contribution in [2.24, 2.45) is 5.73 Å². The number of para-hydroxylation sites is 1. The average Bonchev–Trinajstić information content (AvgIpc) is 3.02. The van der Waals surface area contributed by atoms with E-state index >= 15 is 0 Å². The molecule has 1 aromatic heterocycles. The highest BCUT2D eigenvalue weighted by Gasteiger charge is 2.12. The lowest BCUT2D eigenvalue weighted by atomic mass is 10.1. The van der Waals surface area contributed by atoms with Gasteiger partial charge in [-0.15, -0.1) is 0 Å². The van der Waals surface area contributed by atoms with E-state index in [1.165, 1.54) is 0 Å². The fourth-order valence-corrected chi connectivity index (χ4v) is 1.83. The molecule has 0 aliphatic rings. The molecule has 112 valence electrons. The van der Waals surface area contributed by atoms with Gasteiger partial charge in [-0.05, 0) is 37.3 Å². The minimum Gasteiger partial charge on any atom is -0.457 e. The van der Waals surface area contributed by atoms with Crippen LogP contribution in [0.25, 0.3) is 11.3 Å². The van der Waals surface area contributed by atoms with Crippen LogP contribution < -0.4 is 10.5 Å². The normalized spacial score (nSPS) is 11.6. The van der Waals surface area contributed by atoms with Gasteiger partial charge in [-0.3, -0.25) is 9.89 Å². The Bertz CT molecular complexity index is 742. The maximum Gasteiger partial charge on any atom is 0.269 e. The number of H-pyrrole nitrogens is 1. The Morgan fingerprint density at radius 3 is 2.82 bits per heavy atom. The van der Waals surface area contributed by atoms with Crippen molar-refractivity contribution >= 4 is 5.91 Å². The van der Waals surface area contributed by atoms with Crippen molar-refractivity contribution in [3.63, 3.8) is 0 Å². The van der Waals surface area contributed by atoms with E-state index in [4.69, 9.17) is 10.5 Å². The van der Waals surface area contributed by atoms with Gasteiger partial charge in [-0.25, -0.2) is 0 Å². The zero-order valence-electron chi connectivity index (χ0n) is 12.2. The zero-order chi connectivity index (χ0) is 15.9. The standard InChI is InChI=1S/C17H17N3O2/c1-3-5-8-12(4-2)22-16-10-7-6-9-13(16)14-11-15(17(18)21)20-19-14/h3-11H,2H2,1H3,(H2,18,21)(H,19,20)/b5-3-,12-8+. The van der Waals surface area contributed by atoms with Crippen molar-refractivity contribution in [3.05, 3.63) is 72.7 Å². The van der Waals surface area contributed by atoms with Crippen molar-refractivity contribution in [2.75, 3.05) is 0 Å². The quantitative estimate of drug-likeness (QED) is 0.634. The Hall–Kier alpha value is -3.08. The molecule has 0 saturated heterocycles. The molecule has 5 nitrogen and oxygen atoms in total. The van der Waals surface area contributed by atoms with Gasteiger partial charge in [0.2, 0.25) is 0 Å². The molecule has 3 N–H and O–H groups in total. The third kappa shape index (κ3) is 3.52. The topological polar surface area (TPSA) is 81.0 Å². The molecule has 0 saturated carbocycles. The average molecular weight is 295 g/mol. The summed E-state index contributed by atoms with van der Waals surface area (Å²) in [5.41, 5.74) is 6.82. The number of nitrogens with one attached hydrogen (secondary N) is 1. The van der Waals surface area contributed by atoms with Crippen molar-refractivity contribution in [2.45, 2.75) is 6.92 Å². The van der Waals surface area contributed by atoms with E-state index in [0.717, 1.165) is 5.56 Å². The first-order valence-corrected chi connectivity index (χ1v) is 6.73. The Kier molecular flexibility index (Phi) is 4.93. The van der Waals surface area contributed by atoms with Crippen LogP contribution in [-0.4, -0.2) is 16.1 Å². The predicted molar refractivity (Wildman–Crippen MR) is 86.3 cm³/mol. The smallest absolute Gasteiger partial charge is 0.269 e. The van der Waals surface area contributed by atoms with Crippen LogP contribution in [0.15, 0.2) is 67.0 Å². The summed E-state index contributed by atoms with van der Waals surface area (Å²) in [5.74, 6) is 0.652. The van der Waals surface area contributed by atoms with Gasteiger partial charge in [-0.2, -0.15) is 5.10 Å². The maximum atomic E-state index is 11.2. The summed E-state index contributed by atoms with van der Waals surface area (Å²) in [4.78, 5) is 11.2. The molecule has 0 aliphatic heterocycles. The number of hydrogen-bond acceptors (Lipinski definition) is 3. The molecule has 0 unspecified atom stereocenters. The SMILES string of the molecule is C=C/C(=C\C=C/C)Oc1ccccc1-c1cc(C(N)=O)n[nH]1. The highest BCUT2D eigenvalue weighted by molar-refractivity contribution is 5.92. The van der Waals surface area contributed by atoms with Crippen LogP contribution in [0.4, 0.5) is 0 Å². The molecule has 1 aromatic carbocycles. The van der Waals surface area contributed by atoms with Gasteiger partial charge in [0.25, 0.3) is 5.91 Å². The summed E-state index contributed by atoms with van der Waals surface area (Å²) in [6.07, 6.45) is 7.19. The number of nitrogens with zero attached hydrogens (tertiary/aromatic N) is 1. The van der Waals surface area contributed by atoms with Crippen molar-refractivity contribution < 1.29 is 9.53 Å². The van der Waals surface area contributed by atoms with Crippen LogP contribution in [0, 0.1) is 0 Å². The van der Waals surface area contributed by atoms with Crippen LogP contribution >= 0.6 is 0 Å². The van der Waals surface area contributed by atoms with E-state index in [1.807, 2.05) is 49.4 Å². The number of carbonyl (C=O) groups is 1. The van der Waals surface area contributed by atoms with E-state index in [9.17, 15) is 4.79 Å². The first kappa shape index (κ1) is 15.3. The van der Waals surface area contributed by atoms with Gasteiger partial charge in [0.15, 0.2) is 0 Å². The molecule has 2 rings (SSSR count). The van der Waals surface area contributed by atoms with Crippen molar-refractivity contribution in [1.82, 2.24) is 10.2 Å². The summed E-state index contributed by atoms with van der Waals surface area (Å²) >= 11 is 0. The molecule has 1 amide bonds. The number of aromatic amines is 1. The van der Waals surface area contributed by atoms with Crippen molar-refractivity contribution in [3.8, 4) is 17.0 Å². The molecule has 22 heavy (non-hydrogen) atoms. The number of primary amides is 1.